The summed E-state index contributed by atoms with van der Waals surface area (Å²) in [6.07, 6.45) is -0.518. The number of hydrogen-bond acceptors (Lipinski definition) is 3. The van der Waals surface area contributed by atoms with Crippen molar-refractivity contribution < 1.29 is 13.2 Å². The molecule has 2 aromatic carbocycles. The van der Waals surface area contributed by atoms with E-state index >= 15 is 0 Å². The van der Waals surface area contributed by atoms with Crippen molar-refractivity contribution in [1.82, 2.24) is 14.9 Å². The quantitative estimate of drug-likeness (QED) is 0.225. The average molecular weight is 624 g/mol. The fraction of sp³-hybridized carbons (Fsp3) is 0.333. The number of nitrogens with zero attached hydrogens (tertiary/aromatic N) is 4. The Morgan fingerprint density at radius 2 is 1.67 bits per heavy atom. The van der Waals surface area contributed by atoms with E-state index in [-0.39, 0.29) is 11.7 Å². The molecule has 0 aliphatic carbocycles. The first-order valence-electron chi connectivity index (χ1n) is 14.4. The summed E-state index contributed by atoms with van der Waals surface area (Å²) in [6.45, 7) is 7.88. The third kappa shape index (κ3) is 5.49. The van der Waals surface area contributed by atoms with Gasteiger partial charge in [0.2, 0.25) is 0 Å². The van der Waals surface area contributed by atoms with Crippen LogP contribution in [0.15, 0.2) is 72.9 Å². The number of benzene rings is 2. The summed E-state index contributed by atoms with van der Waals surface area (Å²) in [6, 6.07) is 18.6. The molecule has 0 radical (unpaired) electrons. The molecule has 2 saturated heterocycles. The van der Waals surface area contributed by atoms with Crippen LogP contribution in [0.2, 0.25) is 5.02 Å². The minimum atomic E-state index is -4.50. The molecule has 0 bridgehead atoms. The zero-order valence-corrected chi connectivity index (χ0v) is 25.8. The number of aryl methyl sites for hydroxylation is 1. The van der Waals surface area contributed by atoms with E-state index < -0.39 is 17.8 Å². The Hall–Kier alpha value is -3.56. The summed E-state index contributed by atoms with van der Waals surface area (Å²) in [5.74, 6) is 0.703. The first-order chi connectivity index (χ1) is 20.5. The zero-order valence-electron chi connectivity index (χ0n) is 24.2. The lowest BCUT2D eigenvalue weighted by Gasteiger charge is -2.33. The number of alkyl halides is 3. The Bertz CT molecular complexity index is 1650. The normalized spacial score (nSPS) is 19.7. The maximum atomic E-state index is 14.1. The molecule has 0 saturated carbocycles. The van der Waals surface area contributed by atoms with Crippen molar-refractivity contribution in [2.45, 2.75) is 51.9 Å². The molecular weight excluding hydrogens is 591 g/mol. The van der Waals surface area contributed by atoms with Gasteiger partial charge < -0.3 is 19.7 Å². The van der Waals surface area contributed by atoms with Gasteiger partial charge in [0.05, 0.1) is 39.7 Å². The molecule has 0 spiro atoms. The standard InChI is InChI=1S/C33H33ClF3N5S/c1-20-13-16-40(17-14-20)29-12-11-23(19-26(29)34)42-31(30(39-32(42)43)27-9-6-7-15-38-27)24-18-21(2)41(22(24)3)28-10-5-4-8-25(28)33(35,36)37/h4-12,15,18-20,30-31H,13-14,16-17H2,1-3H3,(H,39,43)/t30-,31+/m0/s1. The molecule has 10 heteroatoms. The maximum absolute atomic E-state index is 14.1. The Labute approximate surface area is 260 Å². The highest BCUT2D eigenvalue weighted by molar-refractivity contribution is 7.80. The van der Waals surface area contributed by atoms with Crippen LogP contribution in [0.1, 0.15) is 60.1 Å². The van der Waals surface area contributed by atoms with E-state index in [1.54, 1.807) is 16.8 Å². The van der Waals surface area contributed by atoms with Crippen molar-refractivity contribution >= 4 is 40.3 Å². The third-order valence-corrected chi connectivity index (χ3v) is 9.29. The number of pyridine rings is 1. The summed E-state index contributed by atoms with van der Waals surface area (Å²) >= 11 is 12.8. The molecule has 2 aromatic heterocycles. The largest absolute Gasteiger partial charge is 0.418 e. The van der Waals surface area contributed by atoms with Crippen molar-refractivity contribution in [3.63, 3.8) is 0 Å². The summed E-state index contributed by atoms with van der Waals surface area (Å²) in [7, 11) is 0. The smallest absolute Gasteiger partial charge is 0.370 e. The second-order valence-corrected chi connectivity index (χ2v) is 12.3. The number of para-hydroxylation sites is 1. The number of hydrogen-bond donors (Lipinski definition) is 1. The van der Waals surface area contributed by atoms with Gasteiger partial charge in [0.1, 0.15) is 0 Å². The van der Waals surface area contributed by atoms with Gasteiger partial charge in [-0.15, -0.1) is 0 Å². The van der Waals surface area contributed by atoms with Gasteiger partial charge in [0, 0.05) is 36.4 Å². The van der Waals surface area contributed by atoms with Gasteiger partial charge in [-0.1, -0.05) is 36.7 Å². The van der Waals surface area contributed by atoms with Crippen LogP contribution in [-0.4, -0.2) is 27.8 Å². The fourth-order valence-electron chi connectivity index (χ4n) is 6.47. The fourth-order valence-corrected chi connectivity index (χ4v) is 7.11. The zero-order chi connectivity index (χ0) is 30.5. The first kappa shape index (κ1) is 29.5. The molecule has 224 valence electrons. The van der Waals surface area contributed by atoms with Crippen LogP contribution in [0.3, 0.4) is 0 Å². The van der Waals surface area contributed by atoms with Crippen molar-refractivity contribution in [1.29, 1.82) is 0 Å². The number of aromatic nitrogens is 2. The van der Waals surface area contributed by atoms with Gasteiger partial charge in [-0.2, -0.15) is 13.2 Å². The van der Waals surface area contributed by atoms with E-state index in [0.717, 1.165) is 54.6 Å². The lowest BCUT2D eigenvalue weighted by Crippen LogP contribution is -2.33. The highest BCUT2D eigenvalue weighted by atomic mass is 35.5. The summed E-state index contributed by atoms with van der Waals surface area (Å²) in [4.78, 5) is 8.97. The Morgan fingerprint density at radius 3 is 2.35 bits per heavy atom. The van der Waals surface area contributed by atoms with Crippen LogP contribution >= 0.6 is 23.8 Å². The molecule has 5 nitrogen and oxygen atoms in total. The van der Waals surface area contributed by atoms with E-state index in [1.807, 2.05) is 61.2 Å². The predicted molar refractivity (Wildman–Crippen MR) is 170 cm³/mol. The van der Waals surface area contributed by atoms with Crippen molar-refractivity contribution in [3.05, 3.63) is 106 Å². The molecule has 4 aromatic rings. The number of halogens is 4. The lowest BCUT2D eigenvalue weighted by molar-refractivity contribution is -0.137. The molecular formula is C33H33ClF3N5S. The molecule has 2 aliphatic rings. The summed E-state index contributed by atoms with van der Waals surface area (Å²) in [5, 5.41) is 4.59. The minimum absolute atomic E-state index is 0.0916. The molecule has 1 N–H and O–H groups in total. The Morgan fingerprint density at radius 1 is 0.953 bits per heavy atom. The number of thiocarbonyl (C=S) groups is 1. The van der Waals surface area contributed by atoms with Gasteiger partial charge >= 0.3 is 6.18 Å². The van der Waals surface area contributed by atoms with Crippen molar-refractivity contribution in [2.24, 2.45) is 5.92 Å². The van der Waals surface area contributed by atoms with Gasteiger partial charge in [0.15, 0.2) is 5.11 Å². The van der Waals surface area contributed by atoms with Crippen molar-refractivity contribution in [2.75, 3.05) is 22.9 Å². The van der Waals surface area contributed by atoms with Crippen LogP contribution in [0.25, 0.3) is 5.69 Å². The SMILES string of the molecule is Cc1cc([C@@H]2[C@H](c3ccccn3)NC(=S)N2c2ccc(N3CCC(C)CC3)c(Cl)c2)c(C)n1-c1ccccc1C(F)(F)F. The number of anilines is 2. The van der Waals surface area contributed by atoms with E-state index in [4.69, 9.17) is 23.8 Å². The molecule has 43 heavy (non-hydrogen) atoms. The predicted octanol–water partition coefficient (Wildman–Crippen LogP) is 8.57. The summed E-state index contributed by atoms with van der Waals surface area (Å²) in [5.41, 5.74) is 4.22. The van der Waals surface area contributed by atoms with Gasteiger partial charge in [-0.3, -0.25) is 4.98 Å². The molecule has 2 atom stereocenters. The summed E-state index contributed by atoms with van der Waals surface area (Å²) < 4.78 is 43.9. The monoisotopic (exact) mass is 623 g/mol. The molecule has 0 amide bonds. The van der Waals surface area contributed by atoms with E-state index in [2.05, 4.69) is 22.1 Å². The molecule has 2 fully saturated rings. The minimum Gasteiger partial charge on any atom is -0.370 e. The number of nitrogens with one attached hydrogen (secondary N) is 1. The van der Waals surface area contributed by atoms with Crippen molar-refractivity contribution in [3.8, 4) is 5.69 Å². The van der Waals surface area contributed by atoms with E-state index in [9.17, 15) is 13.2 Å². The molecule has 4 heterocycles. The second-order valence-electron chi connectivity index (χ2n) is 11.5. The molecule has 2 aliphatic heterocycles. The molecule has 6 rings (SSSR count). The lowest BCUT2D eigenvalue weighted by atomic mass is 9.96. The van der Waals surface area contributed by atoms with Crippen LogP contribution < -0.4 is 15.1 Å². The van der Waals surface area contributed by atoms with Gasteiger partial charge in [-0.25, -0.2) is 0 Å². The van der Waals surface area contributed by atoms with Crippen LogP contribution in [0, 0.1) is 19.8 Å². The van der Waals surface area contributed by atoms with Gasteiger partial charge in [0.25, 0.3) is 0 Å². The van der Waals surface area contributed by atoms with Crippen LogP contribution in [0.5, 0.6) is 0 Å². The first-order valence-corrected chi connectivity index (χ1v) is 15.2. The number of rotatable bonds is 5. The van der Waals surface area contributed by atoms with Crippen LogP contribution in [0.4, 0.5) is 24.5 Å². The van der Waals surface area contributed by atoms with Gasteiger partial charge in [-0.05, 0) is 98.9 Å². The Balaban J connectivity index is 1.46. The maximum Gasteiger partial charge on any atom is 0.418 e. The topological polar surface area (TPSA) is 36.3 Å². The third-order valence-electron chi connectivity index (χ3n) is 8.67. The highest BCUT2D eigenvalue weighted by Crippen LogP contribution is 2.46. The second kappa shape index (κ2) is 11.5. The highest BCUT2D eigenvalue weighted by Gasteiger charge is 2.43. The Kier molecular flexibility index (Phi) is 7.89. The van der Waals surface area contributed by atoms with Crippen LogP contribution in [-0.2, 0) is 6.18 Å². The number of piperidine rings is 1. The average Bonchev–Trinajstić information content (AvgIpc) is 3.48. The van der Waals surface area contributed by atoms with E-state index in [0.29, 0.717) is 27.4 Å². The molecule has 0 unspecified atom stereocenters. The van der Waals surface area contributed by atoms with E-state index in [1.165, 1.54) is 12.1 Å².